The minimum absolute atomic E-state index is 0.188. The number of aliphatic hydroxyl groups is 2. The normalized spacial score (nSPS) is 35.0. The Morgan fingerprint density at radius 3 is 3.00 bits per heavy atom. The molecule has 20 heavy (non-hydrogen) atoms. The third kappa shape index (κ3) is 3.72. The summed E-state index contributed by atoms with van der Waals surface area (Å²) < 4.78 is 9.60. The van der Waals surface area contributed by atoms with Crippen LogP contribution >= 0.6 is 0 Å². The molecule has 112 valence electrons. The SMILES string of the molecule is [B]OC(=O)[C@@H](C)CCCCN1C[C@H]2O[C@](O)(CC2O)C1. The van der Waals surface area contributed by atoms with Crippen LogP contribution in [0.5, 0.6) is 0 Å². The molecule has 0 aliphatic carbocycles. The van der Waals surface area contributed by atoms with Crippen molar-refractivity contribution in [3.63, 3.8) is 0 Å². The Hall–Kier alpha value is -0.625. The standard InChI is InChI=1S/C13H22BNO5/c1-9(12(17)20-14)4-2-3-5-15-7-11-10(16)6-13(18,8-15)19-11/h9-11,16,18H,2-8H2,1H3/t9-,10?,11+,13+/m0/s1. The quantitative estimate of drug-likeness (QED) is 0.509. The summed E-state index contributed by atoms with van der Waals surface area (Å²) in [5.41, 5.74) is 0. The van der Waals surface area contributed by atoms with Gasteiger partial charge in [-0.25, -0.2) is 0 Å². The van der Waals surface area contributed by atoms with E-state index >= 15 is 0 Å². The predicted molar refractivity (Wildman–Crippen MR) is 71.7 cm³/mol. The summed E-state index contributed by atoms with van der Waals surface area (Å²) in [6.07, 6.45) is 1.95. The van der Waals surface area contributed by atoms with Crippen LogP contribution in [-0.2, 0) is 14.2 Å². The molecule has 1 unspecified atom stereocenters. The van der Waals surface area contributed by atoms with Gasteiger partial charge in [-0.15, -0.1) is 0 Å². The maximum atomic E-state index is 11.1. The summed E-state index contributed by atoms with van der Waals surface area (Å²) in [5.74, 6) is -1.77. The molecule has 0 spiro atoms. The van der Waals surface area contributed by atoms with E-state index in [9.17, 15) is 15.0 Å². The van der Waals surface area contributed by atoms with E-state index in [1.807, 2.05) is 0 Å². The smallest absolute Gasteiger partial charge is 0.378 e. The highest BCUT2D eigenvalue weighted by atomic mass is 16.6. The van der Waals surface area contributed by atoms with Gasteiger partial charge >= 0.3 is 8.05 Å². The number of likely N-dealkylation sites (tertiary alicyclic amines) is 1. The fourth-order valence-corrected chi connectivity index (χ4v) is 2.99. The van der Waals surface area contributed by atoms with Gasteiger partial charge in [-0.2, -0.15) is 0 Å². The highest BCUT2D eigenvalue weighted by Crippen LogP contribution is 2.34. The molecule has 0 aromatic heterocycles. The summed E-state index contributed by atoms with van der Waals surface area (Å²) in [4.78, 5) is 13.3. The number of ether oxygens (including phenoxy) is 1. The number of hydrogen-bond acceptors (Lipinski definition) is 6. The van der Waals surface area contributed by atoms with Crippen LogP contribution in [0.15, 0.2) is 0 Å². The fourth-order valence-electron chi connectivity index (χ4n) is 2.99. The minimum atomic E-state index is -1.20. The lowest BCUT2D eigenvalue weighted by molar-refractivity contribution is -0.231. The van der Waals surface area contributed by atoms with E-state index < -0.39 is 11.9 Å². The van der Waals surface area contributed by atoms with Crippen molar-refractivity contribution < 1.29 is 24.4 Å². The predicted octanol–water partition coefficient (Wildman–Crippen LogP) is -0.427. The average molecular weight is 283 g/mol. The van der Waals surface area contributed by atoms with Gasteiger partial charge in [0.1, 0.15) is 0 Å². The third-order valence-electron chi connectivity index (χ3n) is 4.12. The summed E-state index contributed by atoms with van der Waals surface area (Å²) in [6.45, 7) is 3.69. The van der Waals surface area contributed by atoms with Crippen molar-refractivity contribution in [2.24, 2.45) is 5.92 Å². The monoisotopic (exact) mass is 283 g/mol. The van der Waals surface area contributed by atoms with Gasteiger partial charge in [0, 0.05) is 13.0 Å². The zero-order valence-corrected chi connectivity index (χ0v) is 11.8. The molecule has 2 rings (SSSR count). The Morgan fingerprint density at radius 2 is 2.35 bits per heavy atom. The third-order valence-corrected chi connectivity index (χ3v) is 4.12. The molecular weight excluding hydrogens is 261 g/mol. The molecule has 0 aromatic carbocycles. The van der Waals surface area contributed by atoms with E-state index in [4.69, 9.17) is 12.8 Å². The summed E-state index contributed by atoms with van der Waals surface area (Å²) in [7, 11) is 4.84. The van der Waals surface area contributed by atoms with Gasteiger partial charge in [-0.05, 0) is 19.4 Å². The van der Waals surface area contributed by atoms with Gasteiger partial charge in [0.15, 0.2) is 5.79 Å². The molecule has 7 heteroatoms. The van der Waals surface area contributed by atoms with Crippen molar-refractivity contribution >= 4 is 14.0 Å². The van der Waals surface area contributed by atoms with Crippen molar-refractivity contribution in [3.8, 4) is 0 Å². The van der Waals surface area contributed by atoms with E-state index in [-0.39, 0.29) is 24.4 Å². The first-order valence-electron chi connectivity index (χ1n) is 7.15. The number of carbonyl (C=O) groups excluding carboxylic acids is 1. The van der Waals surface area contributed by atoms with Gasteiger partial charge in [0.2, 0.25) is 0 Å². The lowest BCUT2D eigenvalue weighted by Gasteiger charge is -2.36. The molecule has 2 heterocycles. The Morgan fingerprint density at radius 1 is 1.60 bits per heavy atom. The summed E-state index contributed by atoms with van der Waals surface area (Å²) in [6, 6.07) is 0. The Labute approximate surface area is 120 Å². The number of β-amino-alcohol motifs (C(OH)–C–C–N with tert-alkyl or cyclic N) is 1. The van der Waals surface area contributed by atoms with Crippen molar-refractivity contribution in [2.45, 2.75) is 50.6 Å². The van der Waals surface area contributed by atoms with Crippen LogP contribution in [0.2, 0.25) is 0 Å². The van der Waals surface area contributed by atoms with E-state index in [0.29, 0.717) is 13.1 Å². The minimum Gasteiger partial charge on any atom is -0.543 e. The molecule has 2 aliphatic rings. The summed E-state index contributed by atoms with van der Waals surface area (Å²) >= 11 is 0. The van der Waals surface area contributed by atoms with Gasteiger partial charge in [-0.1, -0.05) is 13.3 Å². The highest BCUT2D eigenvalue weighted by molar-refractivity contribution is 6.05. The number of hydrogen-bond donors (Lipinski definition) is 2. The Bertz CT molecular complexity index is 352. The molecule has 2 fully saturated rings. The molecule has 2 N–H and O–H groups in total. The first-order chi connectivity index (χ1) is 9.43. The number of unbranched alkanes of at least 4 members (excludes halogenated alkanes) is 1. The van der Waals surface area contributed by atoms with Crippen LogP contribution in [0, 0.1) is 5.92 Å². The first kappa shape index (κ1) is 15.8. The van der Waals surface area contributed by atoms with Crippen LogP contribution in [0.25, 0.3) is 0 Å². The molecule has 2 saturated heterocycles. The average Bonchev–Trinajstić information content (AvgIpc) is 2.61. The van der Waals surface area contributed by atoms with Gasteiger partial charge in [0.25, 0.3) is 5.97 Å². The van der Waals surface area contributed by atoms with Crippen LogP contribution in [0.4, 0.5) is 0 Å². The molecule has 2 radical (unpaired) electrons. The largest absolute Gasteiger partial charge is 0.543 e. The van der Waals surface area contributed by atoms with Crippen LogP contribution in [0.3, 0.4) is 0 Å². The number of morpholine rings is 1. The second-order valence-corrected chi connectivity index (χ2v) is 5.94. The van der Waals surface area contributed by atoms with Crippen molar-refractivity contribution in [1.29, 1.82) is 0 Å². The van der Waals surface area contributed by atoms with Gasteiger partial charge in [0.05, 0.1) is 24.7 Å². The number of carbonyl (C=O) groups is 1. The maximum Gasteiger partial charge on any atom is 0.378 e. The van der Waals surface area contributed by atoms with Crippen LogP contribution in [-0.4, -0.2) is 66.8 Å². The molecule has 2 bridgehead atoms. The van der Waals surface area contributed by atoms with Crippen LogP contribution in [0.1, 0.15) is 32.6 Å². The maximum absolute atomic E-state index is 11.1. The van der Waals surface area contributed by atoms with Gasteiger partial charge in [-0.3, -0.25) is 9.69 Å². The summed E-state index contributed by atoms with van der Waals surface area (Å²) in [5, 5.41) is 19.9. The van der Waals surface area contributed by atoms with E-state index in [1.54, 1.807) is 6.92 Å². The Kier molecular flexibility index (Phi) is 5.07. The second-order valence-electron chi connectivity index (χ2n) is 5.94. The topological polar surface area (TPSA) is 79.2 Å². The zero-order valence-electron chi connectivity index (χ0n) is 11.8. The molecule has 0 saturated carbocycles. The highest BCUT2D eigenvalue weighted by Gasteiger charge is 2.49. The van der Waals surface area contributed by atoms with E-state index in [2.05, 4.69) is 9.55 Å². The zero-order chi connectivity index (χ0) is 14.8. The second kappa shape index (κ2) is 6.43. The Balaban J connectivity index is 1.67. The van der Waals surface area contributed by atoms with E-state index in [0.717, 1.165) is 25.8 Å². The van der Waals surface area contributed by atoms with Crippen molar-refractivity contribution in [2.75, 3.05) is 19.6 Å². The first-order valence-corrected chi connectivity index (χ1v) is 7.15. The van der Waals surface area contributed by atoms with Crippen molar-refractivity contribution in [1.82, 2.24) is 4.90 Å². The van der Waals surface area contributed by atoms with E-state index in [1.165, 1.54) is 0 Å². The van der Waals surface area contributed by atoms with Crippen molar-refractivity contribution in [3.05, 3.63) is 0 Å². The fraction of sp³-hybridized carbons (Fsp3) is 0.923. The molecular formula is C13H22BNO5. The molecule has 4 atom stereocenters. The molecule has 0 amide bonds. The lowest BCUT2D eigenvalue weighted by atomic mass is 10.0. The number of nitrogens with zero attached hydrogens (tertiary/aromatic N) is 1. The van der Waals surface area contributed by atoms with Crippen LogP contribution < -0.4 is 0 Å². The number of rotatable bonds is 6. The molecule has 6 nitrogen and oxygen atoms in total. The lowest BCUT2D eigenvalue weighted by Crippen LogP contribution is -2.51. The van der Waals surface area contributed by atoms with Gasteiger partial charge < -0.3 is 19.6 Å². The molecule has 2 aliphatic heterocycles. The number of aliphatic hydroxyl groups excluding tert-OH is 1. The molecule has 0 aromatic rings. The number of fused-ring (bicyclic) bond motifs is 2.